The van der Waals surface area contributed by atoms with E-state index in [1.54, 1.807) is 17.2 Å². The molecule has 0 saturated carbocycles. The topological polar surface area (TPSA) is 81.9 Å². The average Bonchev–Trinajstić information content (AvgIpc) is 3.22. The van der Waals surface area contributed by atoms with Crippen molar-refractivity contribution >= 4 is 22.4 Å². The van der Waals surface area contributed by atoms with Crippen LogP contribution in [0.3, 0.4) is 0 Å². The van der Waals surface area contributed by atoms with Gasteiger partial charge >= 0.3 is 6.01 Å². The van der Waals surface area contributed by atoms with Crippen molar-refractivity contribution in [3.8, 4) is 11.7 Å². The number of rotatable bonds is 6. The fourth-order valence-electron chi connectivity index (χ4n) is 2.05. The Hall–Kier alpha value is -2.74. The quantitative estimate of drug-likeness (QED) is 0.744. The van der Waals surface area contributed by atoms with E-state index >= 15 is 0 Å². The molecule has 1 amide bonds. The van der Waals surface area contributed by atoms with Gasteiger partial charge in [-0.05, 0) is 25.5 Å². The number of anilines is 1. The van der Waals surface area contributed by atoms with Gasteiger partial charge in [-0.3, -0.25) is 10.1 Å². The Labute approximate surface area is 143 Å². The molecule has 1 unspecified atom stereocenters. The van der Waals surface area contributed by atoms with Gasteiger partial charge in [0.1, 0.15) is 6.33 Å². The van der Waals surface area contributed by atoms with Crippen LogP contribution in [0.4, 0.5) is 5.13 Å². The van der Waals surface area contributed by atoms with Gasteiger partial charge in [0.05, 0.1) is 5.69 Å². The number of nitrogens with one attached hydrogen (secondary N) is 1. The molecular formula is C16H17N5O2S. The highest BCUT2D eigenvalue weighted by atomic mass is 32.1. The Balaban J connectivity index is 1.67. The fourth-order valence-corrected chi connectivity index (χ4v) is 2.72. The van der Waals surface area contributed by atoms with E-state index in [0.29, 0.717) is 11.6 Å². The lowest BCUT2D eigenvalue weighted by Crippen LogP contribution is -2.32. The molecule has 2 heterocycles. The maximum absolute atomic E-state index is 12.3. The second-order valence-corrected chi connectivity index (χ2v) is 6.32. The van der Waals surface area contributed by atoms with Gasteiger partial charge in [-0.25, -0.2) is 9.67 Å². The molecule has 1 aromatic carbocycles. The third kappa shape index (κ3) is 3.77. The number of nitrogens with zero attached hydrogens (tertiary/aromatic N) is 4. The molecule has 1 N–H and O–H groups in total. The average molecular weight is 343 g/mol. The van der Waals surface area contributed by atoms with Crippen molar-refractivity contribution in [3.05, 3.63) is 47.7 Å². The first-order valence-corrected chi connectivity index (χ1v) is 8.34. The minimum atomic E-state index is -0.680. The largest absolute Gasteiger partial charge is 0.449 e. The van der Waals surface area contributed by atoms with Crippen LogP contribution < -0.4 is 10.1 Å². The summed E-state index contributed by atoms with van der Waals surface area (Å²) < 4.78 is 7.23. The molecule has 0 aliphatic heterocycles. The molecule has 0 fully saturated rings. The lowest BCUT2D eigenvalue weighted by atomic mass is 10.2. The van der Waals surface area contributed by atoms with E-state index in [4.69, 9.17) is 4.74 Å². The monoisotopic (exact) mass is 343 g/mol. The first-order valence-electron chi connectivity index (χ1n) is 7.52. The molecule has 3 aromatic rings. The summed E-state index contributed by atoms with van der Waals surface area (Å²) in [4.78, 5) is 21.6. The zero-order valence-corrected chi connectivity index (χ0v) is 14.2. The van der Waals surface area contributed by atoms with Gasteiger partial charge in [-0.15, -0.1) is 16.4 Å². The molecular weight excluding hydrogens is 326 g/mol. The van der Waals surface area contributed by atoms with Gasteiger partial charge < -0.3 is 4.74 Å². The summed E-state index contributed by atoms with van der Waals surface area (Å²) in [6.07, 6.45) is 3.08. The Morgan fingerprint density at radius 2 is 2.12 bits per heavy atom. The molecule has 0 radical (unpaired) electrons. The number of carbonyl (C=O) groups excluding carboxylic acids is 1. The molecule has 0 bridgehead atoms. The predicted molar refractivity (Wildman–Crippen MR) is 91.5 cm³/mol. The molecule has 0 spiro atoms. The minimum absolute atomic E-state index is 0.163. The number of benzene rings is 1. The molecule has 124 valence electrons. The highest BCUT2D eigenvalue weighted by Gasteiger charge is 2.21. The SMILES string of the molecule is CCC(Oc1ncn(-c2ccccc2)n1)C(=O)Nc1ncc(C)s1. The van der Waals surface area contributed by atoms with E-state index in [0.717, 1.165) is 10.6 Å². The van der Waals surface area contributed by atoms with Crippen molar-refractivity contribution in [2.24, 2.45) is 0 Å². The number of aromatic nitrogens is 4. The minimum Gasteiger partial charge on any atom is -0.449 e. The third-order valence-corrected chi connectivity index (χ3v) is 4.08. The lowest BCUT2D eigenvalue weighted by Gasteiger charge is -2.13. The van der Waals surface area contributed by atoms with Crippen LogP contribution in [0.2, 0.25) is 0 Å². The summed E-state index contributed by atoms with van der Waals surface area (Å²) in [5, 5.41) is 7.56. The van der Waals surface area contributed by atoms with Crippen LogP contribution in [0.5, 0.6) is 6.01 Å². The number of ether oxygens (including phenoxy) is 1. The Bertz CT molecular complexity index is 815. The van der Waals surface area contributed by atoms with Crippen LogP contribution in [0.25, 0.3) is 5.69 Å². The van der Waals surface area contributed by atoms with Crippen molar-refractivity contribution in [3.63, 3.8) is 0 Å². The zero-order chi connectivity index (χ0) is 16.9. The number of amides is 1. The fraction of sp³-hybridized carbons (Fsp3) is 0.250. The van der Waals surface area contributed by atoms with E-state index < -0.39 is 6.10 Å². The number of hydrogen-bond donors (Lipinski definition) is 1. The Kier molecular flexibility index (Phi) is 4.85. The van der Waals surface area contributed by atoms with Crippen LogP contribution in [-0.2, 0) is 4.79 Å². The molecule has 1 atom stereocenters. The van der Waals surface area contributed by atoms with Crippen LogP contribution >= 0.6 is 11.3 Å². The van der Waals surface area contributed by atoms with Gasteiger partial charge in [0, 0.05) is 11.1 Å². The summed E-state index contributed by atoms with van der Waals surface area (Å²) >= 11 is 1.42. The van der Waals surface area contributed by atoms with Crippen LogP contribution in [0, 0.1) is 6.92 Å². The molecule has 3 rings (SSSR count). The number of thiazole rings is 1. The standard InChI is InChI=1S/C16H17N5O2S/c1-3-13(14(22)19-16-17-9-11(2)24-16)23-15-18-10-21(20-15)12-7-5-4-6-8-12/h4-10,13H,3H2,1-2H3,(H,17,19,22). The van der Waals surface area contributed by atoms with Crippen LogP contribution in [0.1, 0.15) is 18.2 Å². The number of para-hydroxylation sites is 1. The molecule has 0 aliphatic carbocycles. The van der Waals surface area contributed by atoms with Crippen LogP contribution in [0.15, 0.2) is 42.9 Å². The molecule has 0 saturated heterocycles. The van der Waals surface area contributed by atoms with Gasteiger partial charge in [-0.1, -0.05) is 25.1 Å². The van der Waals surface area contributed by atoms with Crippen LogP contribution in [-0.4, -0.2) is 31.8 Å². The summed E-state index contributed by atoms with van der Waals surface area (Å²) in [5.41, 5.74) is 0.871. The molecule has 2 aromatic heterocycles. The summed E-state index contributed by atoms with van der Waals surface area (Å²) in [7, 11) is 0. The second-order valence-electron chi connectivity index (χ2n) is 5.09. The maximum Gasteiger partial charge on any atom is 0.336 e. The predicted octanol–water partition coefficient (Wildman–Crippen LogP) is 2.83. The number of carbonyl (C=O) groups is 1. The normalized spacial score (nSPS) is 11.9. The maximum atomic E-state index is 12.3. The first-order chi connectivity index (χ1) is 11.7. The van der Waals surface area contributed by atoms with E-state index in [1.807, 2.05) is 44.2 Å². The smallest absolute Gasteiger partial charge is 0.336 e. The zero-order valence-electron chi connectivity index (χ0n) is 13.3. The van der Waals surface area contributed by atoms with Gasteiger partial charge in [0.2, 0.25) is 0 Å². The summed E-state index contributed by atoms with van der Waals surface area (Å²) in [6, 6.07) is 9.73. The number of hydrogen-bond acceptors (Lipinski definition) is 6. The molecule has 24 heavy (non-hydrogen) atoms. The van der Waals surface area contributed by atoms with Crippen molar-refractivity contribution in [1.82, 2.24) is 19.7 Å². The van der Waals surface area contributed by atoms with E-state index in [-0.39, 0.29) is 11.9 Å². The molecule has 0 aliphatic rings. The molecule has 7 nitrogen and oxygen atoms in total. The second kappa shape index (κ2) is 7.22. The van der Waals surface area contributed by atoms with E-state index in [1.165, 1.54) is 11.3 Å². The summed E-state index contributed by atoms with van der Waals surface area (Å²) in [5.74, 6) is -0.261. The van der Waals surface area contributed by atoms with E-state index in [9.17, 15) is 4.79 Å². The highest BCUT2D eigenvalue weighted by Crippen LogP contribution is 2.18. The van der Waals surface area contributed by atoms with Crippen molar-refractivity contribution in [2.45, 2.75) is 26.4 Å². The Morgan fingerprint density at radius 3 is 2.79 bits per heavy atom. The van der Waals surface area contributed by atoms with Gasteiger partial charge in [-0.2, -0.15) is 4.98 Å². The highest BCUT2D eigenvalue weighted by molar-refractivity contribution is 7.15. The van der Waals surface area contributed by atoms with Crippen molar-refractivity contribution in [1.29, 1.82) is 0 Å². The van der Waals surface area contributed by atoms with E-state index in [2.05, 4.69) is 20.4 Å². The lowest BCUT2D eigenvalue weighted by molar-refractivity contribution is -0.123. The molecule has 8 heteroatoms. The summed E-state index contributed by atoms with van der Waals surface area (Å²) in [6.45, 7) is 3.80. The number of aryl methyl sites for hydroxylation is 1. The van der Waals surface area contributed by atoms with Crippen molar-refractivity contribution in [2.75, 3.05) is 5.32 Å². The first kappa shape index (κ1) is 16.1. The van der Waals surface area contributed by atoms with Gasteiger partial charge in [0.25, 0.3) is 5.91 Å². The Morgan fingerprint density at radius 1 is 1.33 bits per heavy atom. The van der Waals surface area contributed by atoms with Crippen molar-refractivity contribution < 1.29 is 9.53 Å². The van der Waals surface area contributed by atoms with Gasteiger partial charge in [0.15, 0.2) is 11.2 Å². The third-order valence-electron chi connectivity index (χ3n) is 3.25.